The molecule has 0 amide bonds. The minimum absolute atomic E-state index is 0.124. The molecule has 1 aromatic rings. The molecule has 1 saturated heterocycles. The van der Waals surface area contributed by atoms with Crippen LogP contribution < -0.4 is 10.2 Å². The number of nitrogens with zero attached hydrogens (tertiary/aromatic N) is 1. The van der Waals surface area contributed by atoms with Crippen LogP contribution in [0.2, 0.25) is 0 Å². The third-order valence-corrected chi connectivity index (χ3v) is 4.37. The van der Waals surface area contributed by atoms with E-state index < -0.39 is 0 Å². The number of nitrogens with one attached hydrogen (secondary N) is 1. The van der Waals surface area contributed by atoms with Gasteiger partial charge in [0.1, 0.15) is 5.82 Å². The molecule has 0 aliphatic carbocycles. The summed E-state index contributed by atoms with van der Waals surface area (Å²) in [5.74, 6) is 1.45. The summed E-state index contributed by atoms with van der Waals surface area (Å²) in [6, 6.07) is 5.43. The lowest BCUT2D eigenvalue weighted by Crippen LogP contribution is -2.35. The zero-order valence-corrected chi connectivity index (χ0v) is 13.0. The largest absolute Gasteiger partial charge is 0.371 e. The van der Waals surface area contributed by atoms with Crippen LogP contribution in [0.1, 0.15) is 39.2 Å². The van der Waals surface area contributed by atoms with Gasteiger partial charge in [-0.2, -0.15) is 0 Å². The van der Waals surface area contributed by atoms with Gasteiger partial charge in [-0.25, -0.2) is 4.39 Å². The molecule has 112 valence electrons. The molecule has 0 spiro atoms. The van der Waals surface area contributed by atoms with E-state index in [9.17, 15) is 4.39 Å². The second kappa shape index (κ2) is 7.07. The van der Waals surface area contributed by atoms with Crippen molar-refractivity contribution >= 4 is 5.69 Å². The van der Waals surface area contributed by atoms with Gasteiger partial charge in [0.15, 0.2) is 0 Å². The first kappa shape index (κ1) is 15.3. The highest BCUT2D eigenvalue weighted by atomic mass is 19.1. The van der Waals surface area contributed by atoms with E-state index in [0.717, 1.165) is 49.3 Å². The third kappa shape index (κ3) is 3.95. The molecule has 0 radical (unpaired) electrons. The van der Waals surface area contributed by atoms with E-state index in [1.807, 2.05) is 0 Å². The summed E-state index contributed by atoms with van der Waals surface area (Å²) < 4.78 is 13.8. The molecular weight excluding hydrogens is 251 g/mol. The van der Waals surface area contributed by atoms with Crippen molar-refractivity contribution in [2.45, 2.75) is 40.2 Å². The van der Waals surface area contributed by atoms with Crippen molar-refractivity contribution in [1.29, 1.82) is 0 Å². The second-order valence-corrected chi connectivity index (χ2v) is 6.17. The predicted octanol–water partition coefficient (Wildman–Crippen LogP) is 3.81. The van der Waals surface area contributed by atoms with Gasteiger partial charge < -0.3 is 10.2 Å². The van der Waals surface area contributed by atoms with Crippen LogP contribution in [0.3, 0.4) is 0 Å². The van der Waals surface area contributed by atoms with Crippen molar-refractivity contribution in [3.63, 3.8) is 0 Å². The Kier molecular flexibility index (Phi) is 5.41. The molecule has 1 N–H and O–H groups in total. The monoisotopic (exact) mass is 278 g/mol. The highest BCUT2D eigenvalue weighted by Crippen LogP contribution is 2.28. The number of rotatable bonds is 5. The number of anilines is 1. The zero-order chi connectivity index (χ0) is 14.5. The van der Waals surface area contributed by atoms with Crippen LogP contribution in [0.5, 0.6) is 0 Å². The van der Waals surface area contributed by atoms with E-state index in [4.69, 9.17) is 0 Å². The molecule has 1 fully saturated rings. The smallest absolute Gasteiger partial charge is 0.125 e. The molecule has 1 aliphatic heterocycles. The molecule has 1 aromatic carbocycles. The average molecular weight is 278 g/mol. The Balaban J connectivity index is 2.03. The number of halogens is 1. The van der Waals surface area contributed by atoms with Crippen LogP contribution in [-0.4, -0.2) is 19.6 Å². The summed E-state index contributed by atoms with van der Waals surface area (Å²) >= 11 is 0. The average Bonchev–Trinajstić information content (AvgIpc) is 2.44. The van der Waals surface area contributed by atoms with Crippen molar-refractivity contribution in [1.82, 2.24) is 5.32 Å². The molecule has 2 rings (SSSR count). The first-order valence-electron chi connectivity index (χ1n) is 7.85. The fraction of sp³-hybridized carbons (Fsp3) is 0.647. The van der Waals surface area contributed by atoms with Gasteiger partial charge in [0, 0.05) is 25.3 Å². The van der Waals surface area contributed by atoms with Gasteiger partial charge in [0.2, 0.25) is 0 Å². The highest BCUT2D eigenvalue weighted by molar-refractivity contribution is 5.49. The normalized spacial score (nSPS) is 16.9. The van der Waals surface area contributed by atoms with Crippen LogP contribution in [0.25, 0.3) is 0 Å². The highest BCUT2D eigenvalue weighted by Gasteiger charge is 2.22. The standard InChI is InChI=1S/C17H27FN2/c1-4-19-12-14-9-16(18)11-17(10-14)20-7-5-15(6-8-20)13(2)3/h9-11,13,15,19H,4-8,12H2,1-3H3. The van der Waals surface area contributed by atoms with Gasteiger partial charge in [-0.15, -0.1) is 0 Å². The Labute approximate surface area is 122 Å². The van der Waals surface area contributed by atoms with E-state index in [2.05, 4.69) is 37.1 Å². The quantitative estimate of drug-likeness (QED) is 0.881. The molecule has 0 aromatic heterocycles. The predicted molar refractivity (Wildman–Crippen MR) is 83.6 cm³/mol. The maximum absolute atomic E-state index is 13.8. The van der Waals surface area contributed by atoms with E-state index in [1.165, 1.54) is 12.8 Å². The molecule has 1 heterocycles. The number of piperidine rings is 1. The SMILES string of the molecule is CCNCc1cc(F)cc(N2CCC(C(C)C)CC2)c1. The molecule has 0 atom stereocenters. The van der Waals surface area contributed by atoms with Crippen LogP contribution in [-0.2, 0) is 6.54 Å². The maximum atomic E-state index is 13.8. The van der Waals surface area contributed by atoms with Crippen molar-refractivity contribution in [3.05, 3.63) is 29.6 Å². The minimum Gasteiger partial charge on any atom is -0.371 e. The molecule has 0 bridgehead atoms. The maximum Gasteiger partial charge on any atom is 0.125 e. The summed E-state index contributed by atoms with van der Waals surface area (Å²) in [4.78, 5) is 2.33. The molecule has 3 heteroatoms. The minimum atomic E-state index is -0.124. The lowest BCUT2D eigenvalue weighted by molar-refractivity contribution is 0.311. The molecule has 0 unspecified atom stereocenters. The molecular formula is C17H27FN2. The zero-order valence-electron chi connectivity index (χ0n) is 13.0. The molecule has 2 nitrogen and oxygen atoms in total. The molecule has 1 aliphatic rings. The Morgan fingerprint density at radius 3 is 2.55 bits per heavy atom. The van der Waals surface area contributed by atoms with Gasteiger partial charge in [-0.1, -0.05) is 20.8 Å². The van der Waals surface area contributed by atoms with E-state index in [1.54, 1.807) is 12.1 Å². The van der Waals surface area contributed by atoms with Crippen LogP contribution in [0.4, 0.5) is 10.1 Å². The van der Waals surface area contributed by atoms with Gasteiger partial charge in [-0.05, 0) is 55.0 Å². The van der Waals surface area contributed by atoms with Crippen LogP contribution >= 0.6 is 0 Å². The van der Waals surface area contributed by atoms with Crippen molar-refractivity contribution in [3.8, 4) is 0 Å². The topological polar surface area (TPSA) is 15.3 Å². The Bertz CT molecular complexity index is 423. The number of hydrogen-bond acceptors (Lipinski definition) is 2. The van der Waals surface area contributed by atoms with Crippen molar-refractivity contribution in [2.75, 3.05) is 24.5 Å². The van der Waals surface area contributed by atoms with Gasteiger partial charge >= 0.3 is 0 Å². The van der Waals surface area contributed by atoms with E-state index >= 15 is 0 Å². The van der Waals surface area contributed by atoms with Crippen LogP contribution in [0, 0.1) is 17.7 Å². The summed E-state index contributed by atoms with van der Waals surface area (Å²) in [5, 5.41) is 3.26. The summed E-state index contributed by atoms with van der Waals surface area (Å²) in [6.45, 7) is 10.4. The summed E-state index contributed by atoms with van der Waals surface area (Å²) in [7, 11) is 0. The Hall–Kier alpha value is -1.09. The lowest BCUT2D eigenvalue weighted by atomic mass is 9.86. The fourth-order valence-corrected chi connectivity index (χ4v) is 3.01. The Morgan fingerprint density at radius 1 is 1.25 bits per heavy atom. The molecule has 0 saturated carbocycles. The number of benzene rings is 1. The first-order valence-corrected chi connectivity index (χ1v) is 7.85. The fourth-order valence-electron chi connectivity index (χ4n) is 3.01. The van der Waals surface area contributed by atoms with Crippen LogP contribution in [0.15, 0.2) is 18.2 Å². The number of hydrogen-bond donors (Lipinski definition) is 1. The van der Waals surface area contributed by atoms with Gasteiger partial charge in [0.25, 0.3) is 0 Å². The molecule has 20 heavy (non-hydrogen) atoms. The lowest BCUT2D eigenvalue weighted by Gasteiger charge is -2.35. The van der Waals surface area contributed by atoms with Gasteiger partial charge in [0.05, 0.1) is 0 Å². The summed E-state index contributed by atoms with van der Waals surface area (Å²) in [6.07, 6.45) is 2.44. The van der Waals surface area contributed by atoms with Crippen molar-refractivity contribution in [2.24, 2.45) is 11.8 Å². The van der Waals surface area contributed by atoms with Crippen molar-refractivity contribution < 1.29 is 4.39 Å². The second-order valence-electron chi connectivity index (χ2n) is 6.17. The van der Waals surface area contributed by atoms with Gasteiger partial charge in [-0.3, -0.25) is 0 Å². The third-order valence-electron chi connectivity index (χ3n) is 4.37. The first-order chi connectivity index (χ1) is 9.60. The van der Waals surface area contributed by atoms with E-state index in [0.29, 0.717) is 0 Å². The van der Waals surface area contributed by atoms with E-state index in [-0.39, 0.29) is 5.82 Å². The Morgan fingerprint density at radius 2 is 1.95 bits per heavy atom. The summed E-state index contributed by atoms with van der Waals surface area (Å²) in [5.41, 5.74) is 2.08.